The lowest BCUT2D eigenvalue weighted by Crippen LogP contribution is -2.24. The lowest BCUT2D eigenvalue weighted by molar-refractivity contribution is -0.159. The van der Waals surface area contributed by atoms with E-state index in [1.54, 1.807) is 0 Å². The second-order valence-corrected chi connectivity index (χ2v) is 4.83. The van der Waals surface area contributed by atoms with Crippen LogP contribution in [-0.2, 0) is 16.0 Å². The summed E-state index contributed by atoms with van der Waals surface area (Å²) in [5.74, 6) is -3.65. The van der Waals surface area contributed by atoms with Crippen LogP contribution in [0, 0.1) is 0 Å². The molecule has 0 radical (unpaired) electrons. The number of carbonyl (C=O) groups is 2. The summed E-state index contributed by atoms with van der Waals surface area (Å²) in [7, 11) is 0. The molecule has 0 aliphatic heterocycles. The van der Waals surface area contributed by atoms with Gasteiger partial charge in [-0.25, -0.2) is 9.59 Å². The van der Waals surface area contributed by atoms with Crippen LogP contribution in [0.15, 0.2) is 30.5 Å². The SMILES string of the molecule is CC(C)NCCc1c[nH]c2ccccc12.O=C(O)C(=O)O. The van der Waals surface area contributed by atoms with Gasteiger partial charge in [-0.2, -0.15) is 0 Å². The van der Waals surface area contributed by atoms with Gasteiger partial charge in [-0.05, 0) is 24.6 Å². The number of H-pyrrole nitrogens is 1. The molecule has 6 nitrogen and oxygen atoms in total. The summed E-state index contributed by atoms with van der Waals surface area (Å²) < 4.78 is 0. The van der Waals surface area contributed by atoms with Crippen LogP contribution < -0.4 is 5.32 Å². The lowest BCUT2D eigenvalue weighted by Gasteiger charge is -2.06. The topological polar surface area (TPSA) is 102 Å². The second kappa shape index (κ2) is 8.06. The van der Waals surface area contributed by atoms with E-state index in [1.165, 1.54) is 16.5 Å². The lowest BCUT2D eigenvalue weighted by atomic mass is 10.1. The Labute approximate surface area is 122 Å². The van der Waals surface area contributed by atoms with E-state index in [9.17, 15) is 0 Å². The normalized spacial score (nSPS) is 10.2. The molecule has 1 heterocycles. The first-order valence-corrected chi connectivity index (χ1v) is 6.66. The van der Waals surface area contributed by atoms with E-state index >= 15 is 0 Å². The maximum Gasteiger partial charge on any atom is 0.414 e. The van der Waals surface area contributed by atoms with E-state index in [0.29, 0.717) is 6.04 Å². The van der Waals surface area contributed by atoms with Crippen LogP contribution in [0.5, 0.6) is 0 Å². The highest BCUT2D eigenvalue weighted by molar-refractivity contribution is 6.27. The van der Waals surface area contributed by atoms with Gasteiger partial charge < -0.3 is 20.5 Å². The zero-order valence-corrected chi connectivity index (χ0v) is 12.1. The van der Waals surface area contributed by atoms with Gasteiger partial charge in [0, 0.05) is 23.1 Å². The standard InChI is InChI=1S/C13H18N2.C2H2O4/c1-10(2)14-8-7-11-9-15-13-6-4-3-5-12(11)13;3-1(4)2(5)6/h3-6,9-10,14-15H,7-8H2,1-2H3;(H,3,4)(H,5,6). The number of aliphatic carboxylic acids is 2. The summed E-state index contributed by atoms with van der Waals surface area (Å²) in [6.07, 6.45) is 3.20. The Balaban J connectivity index is 0.000000315. The Morgan fingerprint density at radius 3 is 2.38 bits per heavy atom. The van der Waals surface area contributed by atoms with Gasteiger partial charge in [-0.3, -0.25) is 0 Å². The minimum atomic E-state index is -1.82. The third-order valence-electron chi connectivity index (χ3n) is 2.80. The monoisotopic (exact) mass is 292 g/mol. The van der Waals surface area contributed by atoms with E-state index in [0.717, 1.165) is 13.0 Å². The van der Waals surface area contributed by atoms with Crippen molar-refractivity contribution in [1.29, 1.82) is 0 Å². The van der Waals surface area contributed by atoms with Crippen LogP contribution >= 0.6 is 0 Å². The fourth-order valence-electron chi connectivity index (χ4n) is 1.83. The maximum atomic E-state index is 9.10. The number of rotatable bonds is 4. The molecule has 0 spiro atoms. The molecule has 0 amide bonds. The van der Waals surface area contributed by atoms with Crippen molar-refractivity contribution in [2.45, 2.75) is 26.3 Å². The minimum Gasteiger partial charge on any atom is -0.473 e. The second-order valence-electron chi connectivity index (χ2n) is 4.83. The molecule has 0 atom stereocenters. The zero-order chi connectivity index (χ0) is 15.8. The van der Waals surface area contributed by atoms with E-state index in [-0.39, 0.29) is 0 Å². The Bertz CT molecular complexity index is 592. The van der Waals surface area contributed by atoms with Gasteiger partial charge in [-0.15, -0.1) is 0 Å². The predicted molar refractivity (Wildman–Crippen MR) is 80.4 cm³/mol. The average molecular weight is 292 g/mol. The molecule has 0 aliphatic carbocycles. The van der Waals surface area contributed by atoms with Gasteiger partial charge in [0.2, 0.25) is 0 Å². The van der Waals surface area contributed by atoms with Crippen molar-refractivity contribution >= 4 is 22.8 Å². The number of fused-ring (bicyclic) bond motifs is 1. The van der Waals surface area contributed by atoms with E-state index in [2.05, 4.69) is 54.6 Å². The van der Waals surface area contributed by atoms with E-state index in [4.69, 9.17) is 19.8 Å². The molecule has 0 saturated carbocycles. The van der Waals surface area contributed by atoms with Crippen molar-refractivity contribution in [1.82, 2.24) is 10.3 Å². The number of para-hydroxylation sites is 1. The van der Waals surface area contributed by atoms with Crippen LogP contribution in [0.25, 0.3) is 10.9 Å². The molecule has 0 fully saturated rings. The molecule has 2 rings (SSSR count). The summed E-state index contributed by atoms with van der Waals surface area (Å²) in [5, 5.41) is 19.6. The number of aromatic nitrogens is 1. The highest BCUT2D eigenvalue weighted by Crippen LogP contribution is 2.17. The molecular formula is C15H20N2O4. The predicted octanol–water partition coefficient (Wildman–Crippen LogP) is 1.86. The first-order valence-electron chi connectivity index (χ1n) is 6.66. The largest absolute Gasteiger partial charge is 0.473 e. The molecule has 0 saturated heterocycles. The van der Waals surface area contributed by atoms with Crippen LogP contribution in [0.4, 0.5) is 0 Å². The summed E-state index contributed by atoms with van der Waals surface area (Å²) in [4.78, 5) is 21.5. The fourth-order valence-corrected chi connectivity index (χ4v) is 1.83. The maximum absolute atomic E-state index is 9.10. The van der Waals surface area contributed by atoms with Crippen molar-refractivity contribution in [3.05, 3.63) is 36.0 Å². The number of nitrogens with one attached hydrogen (secondary N) is 2. The number of hydrogen-bond donors (Lipinski definition) is 4. The van der Waals surface area contributed by atoms with Crippen LogP contribution in [0.2, 0.25) is 0 Å². The number of carboxylic acids is 2. The minimum absolute atomic E-state index is 0.565. The smallest absolute Gasteiger partial charge is 0.414 e. The van der Waals surface area contributed by atoms with Gasteiger partial charge in [0.05, 0.1) is 0 Å². The number of carboxylic acid groups (broad SMARTS) is 2. The third kappa shape index (κ3) is 5.66. The summed E-state index contributed by atoms with van der Waals surface area (Å²) in [6.45, 7) is 5.39. The van der Waals surface area contributed by atoms with E-state index in [1.807, 2.05) is 0 Å². The molecule has 0 unspecified atom stereocenters. The average Bonchev–Trinajstić information content (AvgIpc) is 2.83. The van der Waals surface area contributed by atoms with Crippen LogP contribution in [0.1, 0.15) is 19.4 Å². The Kier molecular flexibility index (Phi) is 6.42. The summed E-state index contributed by atoms with van der Waals surface area (Å²) in [6, 6.07) is 9.02. The molecular weight excluding hydrogens is 272 g/mol. The van der Waals surface area contributed by atoms with Crippen LogP contribution in [-0.4, -0.2) is 39.7 Å². The fraction of sp³-hybridized carbons (Fsp3) is 0.333. The van der Waals surface area contributed by atoms with Gasteiger partial charge in [-0.1, -0.05) is 32.0 Å². The quantitative estimate of drug-likeness (QED) is 0.644. The van der Waals surface area contributed by atoms with Crippen molar-refractivity contribution in [2.75, 3.05) is 6.54 Å². The highest BCUT2D eigenvalue weighted by atomic mass is 16.4. The van der Waals surface area contributed by atoms with Crippen molar-refractivity contribution in [3.8, 4) is 0 Å². The molecule has 4 N–H and O–H groups in total. The summed E-state index contributed by atoms with van der Waals surface area (Å²) >= 11 is 0. The van der Waals surface area contributed by atoms with Crippen molar-refractivity contribution < 1.29 is 19.8 Å². The molecule has 114 valence electrons. The van der Waals surface area contributed by atoms with Crippen LogP contribution in [0.3, 0.4) is 0 Å². The van der Waals surface area contributed by atoms with Gasteiger partial charge in [0.25, 0.3) is 0 Å². The van der Waals surface area contributed by atoms with Gasteiger partial charge >= 0.3 is 11.9 Å². The van der Waals surface area contributed by atoms with Crippen molar-refractivity contribution in [2.24, 2.45) is 0 Å². The molecule has 0 aliphatic rings. The molecule has 6 heteroatoms. The molecule has 2 aromatic rings. The number of aromatic amines is 1. The highest BCUT2D eigenvalue weighted by Gasteiger charge is 2.04. The third-order valence-corrected chi connectivity index (χ3v) is 2.80. The van der Waals surface area contributed by atoms with Gasteiger partial charge in [0.15, 0.2) is 0 Å². The van der Waals surface area contributed by atoms with E-state index < -0.39 is 11.9 Å². The zero-order valence-electron chi connectivity index (χ0n) is 12.1. The Morgan fingerprint density at radius 2 is 1.81 bits per heavy atom. The Hall–Kier alpha value is -2.34. The number of benzene rings is 1. The van der Waals surface area contributed by atoms with Gasteiger partial charge in [0.1, 0.15) is 0 Å². The first-order chi connectivity index (χ1) is 9.91. The Morgan fingerprint density at radius 1 is 1.19 bits per heavy atom. The summed E-state index contributed by atoms with van der Waals surface area (Å²) in [5.41, 5.74) is 2.63. The molecule has 1 aromatic heterocycles. The molecule has 1 aromatic carbocycles. The van der Waals surface area contributed by atoms with Crippen molar-refractivity contribution in [3.63, 3.8) is 0 Å². The first kappa shape index (κ1) is 16.7. The molecule has 21 heavy (non-hydrogen) atoms. The molecule has 0 bridgehead atoms. The number of hydrogen-bond acceptors (Lipinski definition) is 3.